The molecule has 1 amide bonds. The van der Waals surface area contributed by atoms with Gasteiger partial charge in [0.1, 0.15) is 5.75 Å². The number of methoxy groups -OCH3 is 1. The van der Waals surface area contributed by atoms with Crippen molar-refractivity contribution in [2.24, 2.45) is 5.92 Å². The van der Waals surface area contributed by atoms with Gasteiger partial charge in [-0.25, -0.2) is 0 Å². The molecule has 2 saturated heterocycles. The van der Waals surface area contributed by atoms with E-state index in [1.165, 1.54) is 0 Å². The average molecular weight is 412 g/mol. The van der Waals surface area contributed by atoms with E-state index in [1.807, 2.05) is 36.4 Å². The van der Waals surface area contributed by atoms with Crippen LogP contribution in [0.4, 0.5) is 11.6 Å². The SMILES string of the molecule is COc1ccccc1CNC(=O)C1CCN(c2ccc(N3CCOCC3)nn2)CC1. The molecular formula is C22H29N5O3. The molecule has 1 aromatic heterocycles. The van der Waals surface area contributed by atoms with Crippen LogP contribution in [-0.2, 0) is 16.1 Å². The number of nitrogens with one attached hydrogen (secondary N) is 1. The number of anilines is 2. The van der Waals surface area contributed by atoms with Gasteiger partial charge >= 0.3 is 0 Å². The molecule has 8 heteroatoms. The van der Waals surface area contributed by atoms with Crippen molar-refractivity contribution in [3.05, 3.63) is 42.0 Å². The number of piperidine rings is 1. The van der Waals surface area contributed by atoms with Crippen molar-refractivity contribution in [1.29, 1.82) is 0 Å². The fraction of sp³-hybridized carbons (Fsp3) is 0.500. The summed E-state index contributed by atoms with van der Waals surface area (Å²) in [4.78, 5) is 17.0. The molecule has 30 heavy (non-hydrogen) atoms. The van der Waals surface area contributed by atoms with Crippen molar-refractivity contribution in [2.45, 2.75) is 19.4 Å². The lowest BCUT2D eigenvalue weighted by atomic mass is 9.96. The Bertz CT molecular complexity index is 831. The minimum atomic E-state index is 0.0246. The molecule has 4 rings (SSSR count). The van der Waals surface area contributed by atoms with E-state index in [0.717, 1.165) is 75.2 Å². The van der Waals surface area contributed by atoms with Crippen LogP contribution in [0, 0.1) is 5.92 Å². The van der Waals surface area contributed by atoms with Crippen LogP contribution >= 0.6 is 0 Å². The van der Waals surface area contributed by atoms with Crippen molar-refractivity contribution < 1.29 is 14.3 Å². The van der Waals surface area contributed by atoms with E-state index < -0.39 is 0 Å². The lowest BCUT2D eigenvalue weighted by Gasteiger charge is -2.32. The maximum absolute atomic E-state index is 12.6. The Morgan fingerprint density at radius 3 is 2.30 bits per heavy atom. The summed E-state index contributed by atoms with van der Waals surface area (Å²) in [6, 6.07) is 11.8. The molecule has 2 aromatic rings. The molecule has 2 aliphatic heterocycles. The number of carbonyl (C=O) groups is 1. The van der Waals surface area contributed by atoms with Gasteiger partial charge in [0, 0.05) is 44.2 Å². The van der Waals surface area contributed by atoms with Crippen LogP contribution in [0.5, 0.6) is 5.75 Å². The zero-order chi connectivity index (χ0) is 20.8. The third-order valence-corrected chi connectivity index (χ3v) is 5.81. The smallest absolute Gasteiger partial charge is 0.223 e. The van der Waals surface area contributed by atoms with E-state index >= 15 is 0 Å². The minimum absolute atomic E-state index is 0.0246. The predicted octanol–water partition coefficient (Wildman–Crippen LogP) is 1.85. The highest BCUT2D eigenvalue weighted by Crippen LogP contribution is 2.23. The molecule has 3 heterocycles. The van der Waals surface area contributed by atoms with E-state index in [-0.39, 0.29) is 11.8 Å². The maximum atomic E-state index is 12.6. The zero-order valence-corrected chi connectivity index (χ0v) is 17.4. The Labute approximate surface area is 177 Å². The molecular weight excluding hydrogens is 382 g/mol. The van der Waals surface area contributed by atoms with Gasteiger partial charge in [0.05, 0.1) is 20.3 Å². The van der Waals surface area contributed by atoms with Crippen molar-refractivity contribution >= 4 is 17.5 Å². The second kappa shape index (κ2) is 9.75. The van der Waals surface area contributed by atoms with Gasteiger partial charge < -0.3 is 24.6 Å². The number of rotatable bonds is 6. The first kappa shape index (κ1) is 20.4. The summed E-state index contributed by atoms with van der Waals surface area (Å²) in [5.41, 5.74) is 0.987. The first-order valence-electron chi connectivity index (χ1n) is 10.6. The summed E-state index contributed by atoms with van der Waals surface area (Å²) >= 11 is 0. The van der Waals surface area contributed by atoms with E-state index in [9.17, 15) is 4.79 Å². The third kappa shape index (κ3) is 4.81. The molecule has 1 aromatic carbocycles. The number of hydrogen-bond acceptors (Lipinski definition) is 7. The summed E-state index contributed by atoms with van der Waals surface area (Å²) in [6.45, 7) is 5.26. The van der Waals surface area contributed by atoms with E-state index in [2.05, 4.69) is 25.3 Å². The van der Waals surface area contributed by atoms with Crippen molar-refractivity contribution in [3.8, 4) is 5.75 Å². The fourth-order valence-corrected chi connectivity index (χ4v) is 3.99. The molecule has 2 fully saturated rings. The fourth-order valence-electron chi connectivity index (χ4n) is 3.99. The Balaban J connectivity index is 1.26. The van der Waals surface area contributed by atoms with Crippen LogP contribution in [0.1, 0.15) is 18.4 Å². The Kier molecular flexibility index (Phi) is 6.63. The molecule has 0 atom stereocenters. The number of morpholine rings is 1. The first-order chi connectivity index (χ1) is 14.7. The number of aromatic nitrogens is 2. The maximum Gasteiger partial charge on any atom is 0.223 e. The summed E-state index contributed by atoms with van der Waals surface area (Å²) in [5, 5.41) is 11.9. The van der Waals surface area contributed by atoms with Crippen LogP contribution in [0.25, 0.3) is 0 Å². The monoisotopic (exact) mass is 411 g/mol. The van der Waals surface area contributed by atoms with Crippen LogP contribution in [0.2, 0.25) is 0 Å². The predicted molar refractivity (Wildman–Crippen MR) is 115 cm³/mol. The number of para-hydroxylation sites is 1. The van der Waals surface area contributed by atoms with Gasteiger partial charge in [-0.2, -0.15) is 0 Å². The molecule has 0 unspecified atom stereocenters. The quantitative estimate of drug-likeness (QED) is 0.777. The summed E-state index contributed by atoms with van der Waals surface area (Å²) in [6.07, 6.45) is 1.62. The number of nitrogens with zero attached hydrogens (tertiary/aromatic N) is 4. The van der Waals surface area contributed by atoms with Gasteiger partial charge in [0.2, 0.25) is 5.91 Å². The van der Waals surface area contributed by atoms with Gasteiger partial charge in [0.25, 0.3) is 0 Å². The second-order valence-corrected chi connectivity index (χ2v) is 7.64. The first-order valence-corrected chi connectivity index (χ1v) is 10.6. The van der Waals surface area contributed by atoms with Crippen molar-refractivity contribution in [1.82, 2.24) is 15.5 Å². The van der Waals surface area contributed by atoms with E-state index in [1.54, 1.807) is 7.11 Å². The van der Waals surface area contributed by atoms with Crippen LogP contribution in [-0.4, -0.2) is 62.6 Å². The zero-order valence-electron chi connectivity index (χ0n) is 17.4. The Morgan fingerprint density at radius 2 is 1.67 bits per heavy atom. The molecule has 0 saturated carbocycles. The van der Waals surface area contributed by atoms with E-state index in [0.29, 0.717) is 6.54 Å². The van der Waals surface area contributed by atoms with Gasteiger partial charge in [-0.05, 0) is 31.0 Å². The standard InChI is InChI=1S/C22H29N5O3/c1-29-19-5-3-2-4-18(19)16-23-22(28)17-8-10-26(11-9-17)20-6-7-21(25-24-20)27-12-14-30-15-13-27/h2-7,17H,8-16H2,1H3,(H,23,28). The summed E-state index contributed by atoms with van der Waals surface area (Å²) in [5.74, 6) is 2.70. The Hall–Kier alpha value is -2.87. The molecule has 2 aliphatic rings. The molecule has 160 valence electrons. The number of carbonyl (C=O) groups excluding carboxylic acids is 1. The van der Waals surface area contributed by atoms with Gasteiger partial charge in [-0.3, -0.25) is 4.79 Å². The highest BCUT2D eigenvalue weighted by molar-refractivity contribution is 5.79. The highest BCUT2D eigenvalue weighted by Gasteiger charge is 2.26. The van der Waals surface area contributed by atoms with Gasteiger partial charge in [-0.1, -0.05) is 18.2 Å². The van der Waals surface area contributed by atoms with E-state index in [4.69, 9.17) is 9.47 Å². The third-order valence-electron chi connectivity index (χ3n) is 5.81. The number of hydrogen-bond donors (Lipinski definition) is 1. The number of ether oxygens (including phenoxy) is 2. The van der Waals surface area contributed by atoms with Crippen molar-refractivity contribution in [3.63, 3.8) is 0 Å². The normalized spacial score (nSPS) is 17.6. The molecule has 8 nitrogen and oxygen atoms in total. The molecule has 1 N–H and O–H groups in total. The lowest BCUT2D eigenvalue weighted by Crippen LogP contribution is -2.41. The van der Waals surface area contributed by atoms with Crippen molar-refractivity contribution in [2.75, 3.05) is 56.3 Å². The molecule has 0 aliphatic carbocycles. The Morgan fingerprint density at radius 1 is 1.03 bits per heavy atom. The van der Waals surface area contributed by atoms with Crippen LogP contribution < -0.4 is 19.9 Å². The van der Waals surface area contributed by atoms with Crippen LogP contribution in [0.3, 0.4) is 0 Å². The number of amides is 1. The second-order valence-electron chi connectivity index (χ2n) is 7.64. The molecule has 0 bridgehead atoms. The summed E-state index contributed by atoms with van der Waals surface area (Å²) in [7, 11) is 1.65. The largest absolute Gasteiger partial charge is 0.496 e. The van der Waals surface area contributed by atoms with Crippen LogP contribution in [0.15, 0.2) is 36.4 Å². The molecule has 0 radical (unpaired) electrons. The van der Waals surface area contributed by atoms with Gasteiger partial charge in [-0.15, -0.1) is 10.2 Å². The summed E-state index contributed by atoms with van der Waals surface area (Å²) < 4.78 is 10.7. The lowest BCUT2D eigenvalue weighted by molar-refractivity contribution is -0.125. The van der Waals surface area contributed by atoms with Gasteiger partial charge in [0.15, 0.2) is 11.6 Å². The number of benzene rings is 1. The topological polar surface area (TPSA) is 79.8 Å². The molecule has 0 spiro atoms. The average Bonchev–Trinajstić information content (AvgIpc) is 2.83. The minimum Gasteiger partial charge on any atom is -0.496 e. The highest BCUT2D eigenvalue weighted by atomic mass is 16.5.